The molecule has 4 atom stereocenters. The maximum absolute atomic E-state index is 11.4. The van der Waals surface area contributed by atoms with Crippen molar-refractivity contribution in [3.63, 3.8) is 0 Å². The molecule has 0 fully saturated rings. The van der Waals surface area contributed by atoms with E-state index in [1.807, 2.05) is 13.8 Å². The van der Waals surface area contributed by atoms with Gasteiger partial charge in [0.15, 0.2) is 0 Å². The van der Waals surface area contributed by atoms with Crippen molar-refractivity contribution in [1.82, 2.24) is 5.48 Å². The second-order valence-corrected chi connectivity index (χ2v) is 14.0. The average molecular weight is 819 g/mol. The van der Waals surface area contributed by atoms with Crippen LogP contribution in [0.5, 0.6) is 0 Å². The number of esters is 1. The minimum absolute atomic E-state index is 0.132. The topological polar surface area (TPSA) is 225 Å². The molecule has 0 aliphatic carbocycles. The Morgan fingerprint density at radius 3 is 1.61 bits per heavy atom. The second-order valence-electron chi connectivity index (χ2n) is 11.1. The lowest BCUT2D eigenvalue weighted by molar-refractivity contribution is -0.142. The number of thiol groups is 1. The van der Waals surface area contributed by atoms with Crippen molar-refractivity contribution in [2.24, 2.45) is 11.8 Å². The highest BCUT2D eigenvalue weighted by Gasteiger charge is 2.21. The molecular formula is C35H48BrNO12S2. The molecule has 284 valence electrons. The SMILES string of the molecule is CCC(Br)C(=O)OC.CCC(SCCCC(Cc1cccc(C(=O)O)c1)C(=O)O)C(=O)NO.O=C(O)c1cccc(CC(CCCS)C(=O)O)c1. The van der Waals surface area contributed by atoms with Gasteiger partial charge < -0.3 is 25.2 Å². The standard InChI is InChI=1S/C17H23NO6S.C13H16O4S.C5H9BrO2/c1-2-14(15(19)18-24)25-8-4-7-13(17(22)23)10-11-5-3-6-12(9-11)16(20)21;14-12(15)10-4-1-3-9(7-10)8-11(13(16)17)5-2-6-18;1-3-4(6)5(7)8-2/h3,5-6,9,13-14,24H,2,4,7-8,10H2,1H3,(H,18,19)(H,20,21)(H,22,23);1,3-4,7,11,18H,2,5-6,8H2,(H,14,15)(H,16,17);4H,3H2,1-2H3. The summed E-state index contributed by atoms with van der Waals surface area (Å²) in [6.07, 6.45) is 4.27. The van der Waals surface area contributed by atoms with Gasteiger partial charge in [-0.05, 0) is 98.3 Å². The van der Waals surface area contributed by atoms with Crippen LogP contribution >= 0.6 is 40.3 Å². The first kappa shape index (κ1) is 47.4. The Balaban J connectivity index is 0.000000835. The third-order valence-corrected chi connectivity index (χ3v) is 10.1. The Morgan fingerprint density at radius 2 is 1.27 bits per heavy atom. The van der Waals surface area contributed by atoms with Crippen LogP contribution in [0.3, 0.4) is 0 Å². The van der Waals surface area contributed by atoms with Gasteiger partial charge in [0.1, 0.15) is 4.83 Å². The first-order valence-corrected chi connectivity index (χ1v) is 18.7. The van der Waals surface area contributed by atoms with E-state index in [4.69, 9.17) is 20.5 Å². The first-order valence-electron chi connectivity index (χ1n) is 16.1. The summed E-state index contributed by atoms with van der Waals surface area (Å²) >= 11 is 8.57. The van der Waals surface area contributed by atoms with Crippen LogP contribution in [0.15, 0.2) is 48.5 Å². The summed E-state index contributed by atoms with van der Waals surface area (Å²) < 4.78 is 4.42. The highest BCUT2D eigenvalue weighted by atomic mass is 79.9. The summed E-state index contributed by atoms with van der Waals surface area (Å²) in [6, 6.07) is 12.7. The lowest BCUT2D eigenvalue weighted by Gasteiger charge is -2.15. The molecule has 2 rings (SSSR count). The number of methoxy groups -OCH3 is 1. The zero-order valence-electron chi connectivity index (χ0n) is 28.8. The number of alkyl halides is 1. The summed E-state index contributed by atoms with van der Waals surface area (Å²) in [5.74, 6) is -4.32. The zero-order chi connectivity index (χ0) is 38.9. The van der Waals surface area contributed by atoms with Gasteiger partial charge >= 0.3 is 29.8 Å². The van der Waals surface area contributed by atoms with Crippen LogP contribution in [0, 0.1) is 11.8 Å². The van der Waals surface area contributed by atoms with Crippen LogP contribution in [0.4, 0.5) is 0 Å². The molecule has 0 aliphatic rings. The molecule has 0 saturated heterocycles. The minimum atomic E-state index is -1.04. The molecule has 16 heteroatoms. The third kappa shape index (κ3) is 20.1. The van der Waals surface area contributed by atoms with E-state index in [1.54, 1.807) is 29.7 Å². The van der Waals surface area contributed by atoms with Gasteiger partial charge in [0, 0.05) is 0 Å². The van der Waals surface area contributed by atoms with Crippen molar-refractivity contribution in [1.29, 1.82) is 0 Å². The van der Waals surface area contributed by atoms with E-state index in [-0.39, 0.29) is 33.6 Å². The molecule has 2 aromatic rings. The van der Waals surface area contributed by atoms with Crippen LogP contribution in [-0.4, -0.2) is 90.1 Å². The molecule has 13 nitrogen and oxygen atoms in total. The Labute approximate surface area is 316 Å². The van der Waals surface area contributed by atoms with Crippen LogP contribution < -0.4 is 5.48 Å². The number of aromatic carboxylic acids is 2. The zero-order valence-corrected chi connectivity index (χ0v) is 32.1. The van der Waals surface area contributed by atoms with Crippen LogP contribution in [0.1, 0.15) is 84.2 Å². The molecule has 4 unspecified atom stereocenters. The summed E-state index contributed by atoms with van der Waals surface area (Å²) in [7, 11) is 1.38. The molecule has 6 N–H and O–H groups in total. The van der Waals surface area contributed by atoms with E-state index in [1.165, 1.54) is 43.1 Å². The molecule has 0 bridgehead atoms. The number of hydrogen-bond donors (Lipinski definition) is 7. The number of carbonyl (C=O) groups excluding carboxylic acids is 2. The van der Waals surface area contributed by atoms with Crippen molar-refractivity contribution in [3.05, 3.63) is 70.8 Å². The smallest absolute Gasteiger partial charge is 0.335 e. The number of ether oxygens (including phenoxy) is 1. The van der Waals surface area contributed by atoms with Crippen molar-refractivity contribution >= 4 is 76.1 Å². The number of carboxylic acids is 4. The maximum Gasteiger partial charge on any atom is 0.335 e. The average Bonchev–Trinajstić information content (AvgIpc) is 3.12. The number of hydrogen-bond acceptors (Lipinski definition) is 10. The fourth-order valence-corrected chi connectivity index (χ4v) is 5.92. The van der Waals surface area contributed by atoms with E-state index in [0.29, 0.717) is 49.2 Å². The summed E-state index contributed by atoms with van der Waals surface area (Å²) in [5.41, 5.74) is 3.36. The van der Waals surface area contributed by atoms with Crippen molar-refractivity contribution < 1.29 is 59.1 Å². The van der Waals surface area contributed by atoms with Gasteiger partial charge in [-0.25, -0.2) is 15.1 Å². The lowest BCUT2D eigenvalue weighted by atomic mass is 9.94. The molecule has 2 aromatic carbocycles. The normalized spacial score (nSPS) is 12.7. The molecule has 0 radical (unpaired) electrons. The van der Waals surface area contributed by atoms with Crippen molar-refractivity contribution in [3.8, 4) is 0 Å². The fourth-order valence-electron chi connectivity index (χ4n) is 4.50. The third-order valence-electron chi connectivity index (χ3n) is 7.33. The van der Waals surface area contributed by atoms with E-state index < -0.39 is 41.6 Å². The van der Waals surface area contributed by atoms with Gasteiger partial charge in [0.2, 0.25) is 0 Å². The van der Waals surface area contributed by atoms with E-state index in [0.717, 1.165) is 18.4 Å². The maximum atomic E-state index is 11.4. The number of carbonyl (C=O) groups is 6. The molecule has 0 heterocycles. The van der Waals surface area contributed by atoms with Gasteiger partial charge in [-0.1, -0.05) is 54.0 Å². The van der Waals surface area contributed by atoms with Gasteiger partial charge in [-0.3, -0.25) is 24.4 Å². The molecule has 0 spiro atoms. The van der Waals surface area contributed by atoms with Gasteiger partial charge in [-0.15, -0.1) is 11.8 Å². The predicted molar refractivity (Wildman–Crippen MR) is 200 cm³/mol. The van der Waals surface area contributed by atoms with Gasteiger partial charge in [-0.2, -0.15) is 12.6 Å². The Hall–Kier alpha value is -3.60. The Kier molecular flexibility index (Phi) is 25.2. The first-order chi connectivity index (χ1) is 24.1. The van der Waals surface area contributed by atoms with Gasteiger partial charge in [0.25, 0.3) is 5.91 Å². The molecular weight excluding hydrogens is 770 g/mol. The predicted octanol–water partition coefficient (Wildman–Crippen LogP) is 6.10. The van der Waals surface area contributed by atoms with E-state index >= 15 is 0 Å². The fraction of sp³-hybridized carbons (Fsp3) is 0.486. The number of benzene rings is 2. The number of rotatable bonds is 20. The highest BCUT2D eigenvalue weighted by molar-refractivity contribution is 9.10. The van der Waals surface area contributed by atoms with Crippen molar-refractivity contribution in [2.45, 2.75) is 75.3 Å². The molecule has 0 saturated carbocycles. The van der Waals surface area contributed by atoms with Crippen molar-refractivity contribution in [2.75, 3.05) is 18.6 Å². The number of aliphatic carboxylic acids is 2. The van der Waals surface area contributed by atoms with Crippen LogP contribution in [-0.2, 0) is 36.8 Å². The van der Waals surface area contributed by atoms with Crippen LogP contribution in [0.25, 0.3) is 0 Å². The molecule has 51 heavy (non-hydrogen) atoms. The van der Waals surface area contributed by atoms with E-state index in [9.17, 15) is 33.9 Å². The Morgan fingerprint density at radius 1 is 0.804 bits per heavy atom. The van der Waals surface area contributed by atoms with Crippen LogP contribution in [0.2, 0.25) is 0 Å². The number of hydroxylamine groups is 1. The summed E-state index contributed by atoms with van der Waals surface area (Å²) in [4.78, 5) is 66.1. The Bertz CT molecular complexity index is 1410. The molecule has 0 aliphatic heterocycles. The molecule has 0 aromatic heterocycles. The number of thioether (sulfide) groups is 1. The number of nitrogens with one attached hydrogen (secondary N) is 1. The number of carboxylic acid groups (broad SMARTS) is 4. The largest absolute Gasteiger partial charge is 0.481 e. The summed E-state index contributed by atoms with van der Waals surface area (Å²) in [5, 5.41) is 44.6. The van der Waals surface area contributed by atoms with E-state index in [2.05, 4.69) is 33.3 Å². The number of halogens is 1. The molecule has 1 amide bonds. The second kappa shape index (κ2) is 27.1. The highest BCUT2D eigenvalue weighted by Crippen LogP contribution is 2.21. The minimum Gasteiger partial charge on any atom is -0.481 e. The number of amides is 1. The lowest BCUT2D eigenvalue weighted by Crippen LogP contribution is -2.29. The quantitative estimate of drug-likeness (QED) is 0.0201. The monoisotopic (exact) mass is 817 g/mol. The van der Waals surface area contributed by atoms with Gasteiger partial charge in [0.05, 0.1) is 35.3 Å². The summed E-state index contributed by atoms with van der Waals surface area (Å²) in [6.45, 7) is 3.75.